The molecule has 1 fully saturated rings. The van der Waals surface area contributed by atoms with Crippen LogP contribution in [-0.2, 0) is 14.3 Å². The maximum absolute atomic E-state index is 12.4. The predicted molar refractivity (Wildman–Crippen MR) is 115 cm³/mol. The summed E-state index contributed by atoms with van der Waals surface area (Å²) in [5.74, 6) is -1.36. The van der Waals surface area contributed by atoms with Crippen molar-refractivity contribution in [2.24, 2.45) is 5.41 Å². The van der Waals surface area contributed by atoms with Gasteiger partial charge in [-0.2, -0.15) is 0 Å². The smallest absolute Gasteiger partial charge is 0.407 e. The number of alkyl carbamates (subject to hydrolysis) is 1. The third-order valence-electron chi connectivity index (χ3n) is 6.27. The SMILES string of the molecule is CC[C@@H](NC(=O)OCC1c2ccccc2-c2ccccc21)C(=O)NCC1(C(=O)O)CC1. The van der Waals surface area contributed by atoms with Gasteiger partial charge >= 0.3 is 12.1 Å². The highest BCUT2D eigenvalue weighted by atomic mass is 16.5. The second-order valence-corrected chi connectivity index (χ2v) is 8.23. The Bertz CT molecular complexity index is 969. The van der Waals surface area contributed by atoms with Crippen LogP contribution in [0.5, 0.6) is 0 Å². The van der Waals surface area contributed by atoms with E-state index in [-0.39, 0.29) is 19.1 Å². The van der Waals surface area contributed by atoms with Gasteiger partial charge in [0.1, 0.15) is 12.6 Å². The highest BCUT2D eigenvalue weighted by Gasteiger charge is 2.50. The van der Waals surface area contributed by atoms with E-state index in [9.17, 15) is 19.5 Å². The van der Waals surface area contributed by atoms with Crippen LogP contribution in [0.15, 0.2) is 48.5 Å². The summed E-state index contributed by atoms with van der Waals surface area (Å²) < 4.78 is 5.49. The molecule has 2 aromatic rings. The van der Waals surface area contributed by atoms with Gasteiger partial charge in [-0.3, -0.25) is 9.59 Å². The third kappa shape index (κ3) is 4.13. The molecule has 0 heterocycles. The van der Waals surface area contributed by atoms with Crippen LogP contribution in [0.3, 0.4) is 0 Å². The lowest BCUT2D eigenvalue weighted by Gasteiger charge is -2.19. The topological polar surface area (TPSA) is 105 Å². The number of aliphatic carboxylic acids is 1. The summed E-state index contributed by atoms with van der Waals surface area (Å²) in [5, 5.41) is 14.5. The molecular formula is C24H26N2O5. The van der Waals surface area contributed by atoms with E-state index in [4.69, 9.17) is 4.74 Å². The number of hydrogen-bond acceptors (Lipinski definition) is 4. The first kappa shape index (κ1) is 20.9. The van der Waals surface area contributed by atoms with Crippen molar-refractivity contribution in [1.29, 1.82) is 0 Å². The lowest BCUT2D eigenvalue weighted by molar-refractivity contribution is -0.143. The number of fused-ring (bicyclic) bond motifs is 3. The molecule has 2 aromatic carbocycles. The van der Waals surface area contributed by atoms with Gasteiger partial charge in [-0.15, -0.1) is 0 Å². The molecule has 3 N–H and O–H groups in total. The molecule has 2 amide bonds. The van der Waals surface area contributed by atoms with Crippen LogP contribution in [0, 0.1) is 5.41 Å². The van der Waals surface area contributed by atoms with E-state index in [1.54, 1.807) is 6.92 Å². The molecule has 0 radical (unpaired) electrons. The second kappa shape index (κ2) is 8.41. The minimum Gasteiger partial charge on any atom is -0.481 e. The van der Waals surface area contributed by atoms with Crippen molar-refractivity contribution in [2.45, 2.75) is 38.1 Å². The lowest BCUT2D eigenvalue weighted by atomic mass is 9.98. The van der Waals surface area contributed by atoms with Crippen molar-refractivity contribution in [1.82, 2.24) is 10.6 Å². The molecule has 0 spiro atoms. The molecule has 2 aliphatic carbocycles. The number of carboxylic acid groups (broad SMARTS) is 1. The first-order chi connectivity index (χ1) is 14.9. The summed E-state index contributed by atoms with van der Waals surface area (Å²) in [6.45, 7) is 2.02. The minimum atomic E-state index is -0.898. The van der Waals surface area contributed by atoms with E-state index in [0.717, 1.165) is 22.3 Å². The third-order valence-corrected chi connectivity index (χ3v) is 6.27. The number of carboxylic acids is 1. The zero-order chi connectivity index (χ0) is 22.0. The van der Waals surface area contributed by atoms with E-state index < -0.39 is 29.4 Å². The van der Waals surface area contributed by atoms with Crippen LogP contribution in [0.2, 0.25) is 0 Å². The monoisotopic (exact) mass is 422 g/mol. The summed E-state index contributed by atoms with van der Waals surface area (Å²) in [6.07, 6.45) is 0.817. The molecule has 0 aliphatic heterocycles. The molecule has 2 aliphatic rings. The Hall–Kier alpha value is -3.35. The molecule has 0 bridgehead atoms. The summed E-state index contributed by atoms with van der Waals surface area (Å²) in [7, 11) is 0. The average molecular weight is 422 g/mol. The molecule has 1 saturated carbocycles. The van der Waals surface area contributed by atoms with Crippen LogP contribution in [0.1, 0.15) is 43.2 Å². The van der Waals surface area contributed by atoms with Crippen LogP contribution in [0.4, 0.5) is 4.79 Å². The standard InChI is InChI=1S/C24H26N2O5/c1-2-20(21(27)25-14-24(11-12-24)22(28)29)26-23(30)31-13-19-17-9-5-3-7-15(17)16-8-4-6-10-18(16)19/h3-10,19-20H,2,11-14H2,1H3,(H,25,27)(H,26,30)(H,28,29)/t20-/m1/s1. The Morgan fingerprint density at radius 3 is 2.16 bits per heavy atom. The quantitative estimate of drug-likeness (QED) is 0.606. The van der Waals surface area contributed by atoms with Crippen molar-refractivity contribution >= 4 is 18.0 Å². The number of ether oxygens (including phenoxy) is 1. The van der Waals surface area contributed by atoms with Crippen molar-refractivity contribution in [3.05, 3.63) is 59.7 Å². The molecule has 0 saturated heterocycles. The van der Waals surface area contributed by atoms with Gasteiger partial charge in [-0.25, -0.2) is 4.79 Å². The zero-order valence-electron chi connectivity index (χ0n) is 17.4. The van der Waals surface area contributed by atoms with E-state index in [1.165, 1.54) is 0 Å². The number of carbonyl (C=O) groups is 3. The second-order valence-electron chi connectivity index (χ2n) is 8.23. The largest absolute Gasteiger partial charge is 0.481 e. The Balaban J connectivity index is 1.34. The Morgan fingerprint density at radius 1 is 1.06 bits per heavy atom. The van der Waals surface area contributed by atoms with Gasteiger partial charge in [0.05, 0.1) is 5.41 Å². The molecule has 162 valence electrons. The molecule has 0 aromatic heterocycles. The number of amides is 2. The van der Waals surface area contributed by atoms with Gasteiger partial charge < -0.3 is 20.5 Å². The fourth-order valence-electron chi connectivity index (χ4n) is 4.13. The number of carbonyl (C=O) groups excluding carboxylic acids is 2. The van der Waals surface area contributed by atoms with Crippen LogP contribution < -0.4 is 10.6 Å². The van der Waals surface area contributed by atoms with Crippen molar-refractivity contribution in [3.63, 3.8) is 0 Å². The van der Waals surface area contributed by atoms with Gasteiger partial charge in [-0.1, -0.05) is 55.5 Å². The predicted octanol–water partition coefficient (Wildman–Crippen LogP) is 3.28. The van der Waals surface area contributed by atoms with Gasteiger partial charge in [-0.05, 0) is 41.5 Å². The van der Waals surface area contributed by atoms with Crippen LogP contribution >= 0.6 is 0 Å². The van der Waals surface area contributed by atoms with E-state index in [2.05, 4.69) is 22.8 Å². The molecule has 0 unspecified atom stereocenters. The van der Waals surface area contributed by atoms with Gasteiger partial charge in [0.2, 0.25) is 5.91 Å². The van der Waals surface area contributed by atoms with E-state index >= 15 is 0 Å². The number of nitrogens with one attached hydrogen (secondary N) is 2. The normalized spacial score (nSPS) is 16.5. The average Bonchev–Trinajstić information content (AvgIpc) is 3.52. The Kier molecular flexibility index (Phi) is 5.67. The molecule has 4 rings (SSSR count). The molecular weight excluding hydrogens is 396 g/mol. The van der Waals surface area contributed by atoms with Crippen LogP contribution in [-0.4, -0.2) is 42.3 Å². The highest BCUT2D eigenvalue weighted by molar-refractivity contribution is 5.87. The fraction of sp³-hybridized carbons (Fsp3) is 0.375. The lowest BCUT2D eigenvalue weighted by Crippen LogP contribution is -2.48. The summed E-state index contributed by atoms with van der Waals surface area (Å²) in [5.41, 5.74) is 3.67. The summed E-state index contributed by atoms with van der Waals surface area (Å²) >= 11 is 0. The minimum absolute atomic E-state index is 0.0580. The molecule has 7 heteroatoms. The van der Waals surface area contributed by atoms with Crippen LogP contribution in [0.25, 0.3) is 11.1 Å². The maximum atomic E-state index is 12.4. The molecule has 31 heavy (non-hydrogen) atoms. The number of hydrogen-bond donors (Lipinski definition) is 3. The zero-order valence-corrected chi connectivity index (χ0v) is 17.4. The van der Waals surface area contributed by atoms with Gasteiger partial charge in [0.25, 0.3) is 0 Å². The fourth-order valence-corrected chi connectivity index (χ4v) is 4.13. The van der Waals surface area contributed by atoms with Crippen molar-refractivity contribution in [3.8, 4) is 11.1 Å². The van der Waals surface area contributed by atoms with Gasteiger partial charge in [0.15, 0.2) is 0 Å². The maximum Gasteiger partial charge on any atom is 0.407 e. The first-order valence-electron chi connectivity index (χ1n) is 10.6. The summed E-state index contributed by atoms with van der Waals surface area (Å²) in [4.78, 5) is 36.1. The summed E-state index contributed by atoms with van der Waals surface area (Å²) in [6, 6.07) is 15.4. The van der Waals surface area contributed by atoms with Crippen molar-refractivity contribution in [2.75, 3.05) is 13.2 Å². The van der Waals surface area contributed by atoms with E-state index in [1.807, 2.05) is 36.4 Å². The highest BCUT2D eigenvalue weighted by Crippen LogP contribution is 2.45. The van der Waals surface area contributed by atoms with Crippen molar-refractivity contribution < 1.29 is 24.2 Å². The van der Waals surface area contributed by atoms with Gasteiger partial charge in [0, 0.05) is 12.5 Å². The number of benzene rings is 2. The Labute approximate surface area is 180 Å². The molecule has 7 nitrogen and oxygen atoms in total. The van der Waals surface area contributed by atoms with E-state index in [0.29, 0.717) is 19.3 Å². The number of rotatable bonds is 8. The Morgan fingerprint density at radius 2 is 1.65 bits per heavy atom. The first-order valence-corrected chi connectivity index (χ1v) is 10.6. The molecule has 1 atom stereocenters.